The summed E-state index contributed by atoms with van der Waals surface area (Å²) < 4.78 is 0. The van der Waals surface area contributed by atoms with Gasteiger partial charge in [0.25, 0.3) is 0 Å². The van der Waals surface area contributed by atoms with E-state index in [1.807, 2.05) is 6.20 Å². The number of aromatic amines is 1. The number of aryl methyl sites for hydroxylation is 2. The Bertz CT molecular complexity index is 443. The fraction of sp³-hybridized carbons (Fsp3) is 0.308. The second kappa shape index (κ2) is 4.71. The molecule has 1 heterocycles. The number of imidazole rings is 1. The maximum Gasteiger partial charge on any atom is 0.107 e. The third kappa shape index (κ3) is 2.27. The minimum Gasteiger partial charge on any atom is -0.349 e. The summed E-state index contributed by atoms with van der Waals surface area (Å²) in [6, 6.07) is 6.25. The van der Waals surface area contributed by atoms with Gasteiger partial charge in [0.05, 0.1) is 5.38 Å². The summed E-state index contributed by atoms with van der Waals surface area (Å²) >= 11 is 6.45. The normalized spacial score (nSPS) is 12.7. The topological polar surface area (TPSA) is 28.7 Å². The molecule has 2 nitrogen and oxygen atoms in total. The van der Waals surface area contributed by atoms with Crippen molar-refractivity contribution in [1.29, 1.82) is 0 Å². The zero-order valence-corrected chi connectivity index (χ0v) is 10.3. The Balaban J connectivity index is 2.24. The lowest BCUT2D eigenvalue weighted by molar-refractivity contribution is 0.843. The van der Waals surface area contributed by atoms with Crippen LogP contribution in [0.25, 0.3) is 0 Å². The first-order valence-electron chi connectivity index (χ1n) is 5.37. The summed E-state index contributed by atoms with van der Waals surface area (Å²) in [5.41, 5.74) is 3.71. The molecule has 0 amide bonds. The summed E-state index contributed by atoms with van der Waals surface area (Å²) in [5.74, 6) is 0.933. The van der Waals surface area contributed by atoms with Crippen LogP contribution in [0.4, 0.5) is 0 Å². The first-order chi connectivity index (χ1) is 7.68. The summed E-state index contributed by atoms with van der Waals surface area (Å²) in [5, 5.41) is -0.0210. The van der Waals surface area contributed by atoms with Gasteiger partial charge in [0, 0.05) is 18.8 Å². The van der Waals surface area contributed by atoms with Gasteiger partial charge in [-0.15, -0.1) is 11.6 Å². The molecule has 16 heavy (non-hydrogen) atoms. The fourth-order valence-electron chi connectivity index (χ4n) is 2.00. The SMILES string of the molecule is Cc1cccc(C)c1C(Cl)Cc1ncc[nH]1. The van der Waals surface area contributed by atoms with Crippen LogP contribution in [0.1, 0.15) is 27.9 Å². The molecule has 1 aromatic heterocycles. The highest BCUT2D eigenvalue weighted by Gasteiger charge is 2.14. The third-order valence-corrected chi connectivity index (χ3v) is 3.16. The molecule has 0 aliphatic rings. The molecule has 3 heteroatoms. The molecular formula is C13H15ClN2. The second-order valence-corrected chi connectivity index (χ2v) is 4.54. The molecule has 0 aliphatic heterocycles. The van der Waals surface area contributed by atoms with Gasteiger partial charge in [-0.1, -0.05) is 18.2 Å². The Morgan fingerprint density at radius 1 is 1.31 bits per heavy atom. The number of halogens is 1. The Kier molecular flexibility index (Phi) is 3.30. The zero-order chi connectivity index (χ0) is 11.5. The van der Waals surface area contributed by atoms with Crippen molar-refractivity contribution in [3.05, 3.63) is 53.1 Å². The molecule has 0 spiro atoms. The number of benzene rings is 1. The van der Waals surface area contributed by atoms with Crippen LogP contribution in [0.15, 0.2) is 30.6 Å². The van der Waals surface area contributed by atoms with Gasteiger partial charge in [-0.3, -0.25) is 0 Å². The van der Waals surface area contributed by atoms with Crippen LogP contribution in [0.3, 0.4) is 0 Å². The van der Waals surface area contributed by atoms with Crippen molar-refractivity contribution in [2.45, 2.75) is 25.6 Å². The van der Waals surface area contributed by atoms with E-state index in [4.69, 9.17) is 11.6 Å². The first-order valence-corrected chi connectivity index (χ1v) is 5.80. The Hall–Kier alpha value is -1.28. The predicted molar refractivity (Wildman–Crippen MR) is 66.8 cm³/mol. The van der Waals surface area contributed by atoms with E-state index in [0.29, 0.717) is 0 Å². The van der Waals surface area contributed by atoms with Crippen molar-refractivity contribution >= 4 is 11.6 Å². The van der Waals surface area contributed by atoms with Crippen LogP contribution in [0, 0.1) is 13.8 Å². The molecule has 0 radical (unpaired) electrons. The highest BCUT2D eigenvalue weighted by Crippen LogP contribution is 2.29. The van der Waals surface area contributed by atoms with E-state index in [-0.39, 0.29) is 5.38 Å². The van der Waals surface area contributed by atoms with E-state index in [1.165, 1.54) is 16.7 Å². The molecular weight excluding hydrogens is 220 g/mol. The molecule has 2 rings (SSSR count). The number of nitrogens with zero attached hydrogens (tertiary/aromatic N) is 1. The molecule has 1 aromatic carbocycles. The Morgan fingerprint density at radius 3 is 2.56 bits per heavy atom. The molecule has 1 N–H and O–H groups in total. The van der Waals surface area contributed by atoms with Crippen molar-refractivity contribution in [2.75, 3.05) is 0 Å². The number of nitrogens with one attached hydrogen (secondary N) is 1. The molecule has 1 atom stereocenters. The quantitative estimate of drug-likeness (QED) is 0.809. The van der Waals surface area contributed by atoms with E-state index in [0.717, 1.165) is 12.2 Å². The van der Waals surface area contributed by atoms with Crippen molar-refractivity contribution in [2.24, 2.45) is 0 Å². The number of alkyl halides is 1. The lowest BCUT2D eigenvalue weighted by Crippen LogP contribution is -2.02. The maximum absolute atomic E-state index is 6.45. The minimum atomic E-state index is -0.0210. The van der Waals surface area contributed by atoms with Crippen LogP contribution >= 0.6 is 11.6 Å². The Morgan fingerprint density at radius 2 is 2.00 bits per heavy atom. The highest BCUT2D eigenvalue weighted by molar-refractivity contribution is 6.21. The van der Waals surface area contributed by atoms with Crippen molar-refractivity contribution in [1.82, 2.24) is 9.97 Å². The van der Waals surface area contributed by atoms with Gasteiger partial charge in [-0.2, -0.15) is 0 Å². The molecule has 0 bridgehead atoms. The summed E-state index contributed by atoms with van der Waals surface area (Å²) in [6.07, 6.45) is 4.31. The van der Waals surface area contributed by atoms with Gasteiger partial charge in [0.2, 0.25) is 0 Å². The third-order valence-electron chi connectivity index (χ3n) is 2.78. The van der Waals surface area contributed by atoms with E-state index >= 15 is 0 Å². The molecule has 0 saturated heterocycles. The first kappa shape index (κ1) is 11.2. The molecule has 1 unspecified atom stereocenters. The average molecular weight is 235 g/mol. The number of aromatic nitrogens is 2. The van der Waals surface area contributed by atoms with Crippen molar-refractivity contribution in [3.8, 4) is 0 Å². The lowest BCUT2D eigenvalue weighted by atomic mass is 9.98. The zero-order valence-electron chi connectivity index (χ0n) is 9.50. The van der Waals surface area contributed by atoms with Gasteiger partial charge >= 0.3 is 0 Å². The van der Waals surface area contributed by atoms with Crippen molar-refractivity contribution in [3.63, 3.8) is 0 Å². The van der Waals surface area contributed by atoms with Crippen LogP contribution in [-0.2, 0) is 6.42 Å². The molecule has 0 saturated carbocycles. The van der Waals surface area contributed by atoms with Gasteiger partial charge in [-0.05, 0) is 30.5 Å². The minimum absolute atomic E-state index is 0.0210. The van der Waals surface area contributed by atoms with E-state index in [2.05, 4.69) is 42.0 Å². The van der Waals surface area contributed by atoms with Crippen LogP contribution < -0.4 is 0 Å². The lowest BCUT2D eigenvalue weighted by Gasteiger charge is -2.14. The summed E-state index contributed by atoms with van der Waals surface area (Å²) in [4.78, 5) is 7.28. The molecule has 2 aromatic rings. The standard InChI is InChI=1S/C13H15ClN2/c1-9-4-3-5-10(2)13(9)11(14)8-12-15-6-7-16-12/h3-7,11H,8H2,1-2H3,(H,15,16). The van der Waals surface area contributed by atoms with Gasteiger partial charge < -0.3 is 4.98 Å². The number of H-pyrrole nitrogens is 1. The average Bonchev–Trinajstić information content (AvgIpc) is 2.70. The van der Waals surface area contributed by atoms with E-state index < -0.39 is 0 Å². The molecule has 0 aliphatic carbocycles. The maximum atomic E-state index is 6.45. The summed E-state index contributed by atoms with van der Waals surface area (Å²) in [7, 11) is 0. The smallest absolute Gasteiger partial charge is 0.107 e. The Labute approximate surface area is 101 Å². The second-order valence-electron chi connectivity index (χ2n) is 4.01. The van der Waals surface area contributed by atoms with E-state index in [9.17, 15) is 0 Å². The van der Waals surface area contributed by atoms with Crippen LogP contribution in [0.2, 0.25) is 0 Å². The number of hydrogen-bond donors (Lipinski definition) is 1. The molecule has 0 fully saturated rings. The van der Waals surface area contributed by atoms with Crippen LogP contribution in [-0.4, -0.2) is 9.97 Å². The van der Waals surface area contributed by atoms with E-state index in [1.54, 1.807) is 6.20 Å². The molecule has 84 valence electrons. The van der Waals surface area contributed by atoms with Gasteiger partial charge in [0.1, 0.15) is 5.82 Å². The monoisotopic (exact) mass is 234 g/mol. The van der Waals surface area contributed by atoms with Crippen molar-refractivity contribution < 1.29 is 0 Å². The largest absolute Gasteiger partial charge is 0.349 e. The predicted octanol–water partition coefficient (Wildman–Crippen LogP) is 3.55. The summed E-state index contributed by atoms with van der Waals surface area (Å²) in [6.45, 7) is 4.19. The van der Waals surface area contributed by atoms with Gasteiger partial charge in [0.15, 0.2) is 0 Å². The van der Waals surface area contributed by atoms with Gasteiger partial charge in [-0.25, -0.2) is 4.98 Å². The van der Waals surface area contributed by atoms with Crippen LogP contribution in [0.5, 0.6) is 0 Å². The fourth-order valence-corrected chi connectivity index (χ4v) is 2.49. The highest BCUT2D eigenvalue weighted by atomic mass is 35.5. The number of hydrogen-bond acceptors (Lipinski definition) is 1. The number of rotatable bonds is 3.